The van der Waals surface area contributed by atoms with Crippen LogP contribution in [-0.2, 0) is 0 Å². The predicted molar refractivity (Wildman–Crippen MR) is 62.4 cm³/mol. The zero-order chi connectivity index (χ0) is 10.1. The minimum absolute atomic E-state index is 1.08. The van der Waals surface area contributed by atoms with Crippen LogP contribution in [0.4, 0.5) is 0 Å². The lowest BCUT2D eigenvalue weighted by Crippen LogP contribution is -1.90. The fourth-order valence-electron chi connectivity index (χ4n) is 1.87. The van der Waals surface area contributed by atoms with E-state index in [0.29, 0.717) is 0 Å². The Morgan fingerprint density at radius 2 is 1.64 bits per heavy atom. The largest absolute Gasteiger partial charge is 0.0801 e. The number of aryl methyl sites for hydroxylation is 2. The van der Waals surface area contributed by atoms with Gasteiger partial charge in [0.1, 0.15) is 0 Å². The van der Waals surface area contributed by atoms with Gasteiger partial charge in [0.05, 0.1) is 0 Å². The third-order valence-corrected chi connectivity index (χ3v) is 3.03. The summed E-state index contributed by atoms with van der Waals surface area (Å²) >= 11 is 0. The second-order valence-corrected chi connectivity index (χ2v) is 4.03. The molecular formula is C14H16. The first-order valence-corrected chi connectivity index (χ1v) is 5.13. The average molecular weight is 184 g/mol. The van der Waals surface area contributed by atoms with Crippen LogP contribution in [-0.4, -0.2) is 0 Å². The van der Waals surface area contributed by atoms with E-state index in [2.05, 4.69) is 51.1 Å². The van der Waals surface area contributed by atoms with Gasteiger partial charge < -0.3 is 0 Å². The normalized spacial score (nSPS) is 14.6. The molecule has 14 heavy (non-hydrogen) atoms. The smallest absolute Gasteiger partial charge is 0.0157 e. The predicted octanol–water partition coefficient (Wildman–Crippen LogP) is 3.96. The summed E-state index contributed by atoms with van der Waals surface area (Å²) in [6.07, 6.45) is 7.79. The van der Waals surface area contributed by atoms with Crippen LogP contribution in [0, 0.1) is 20.8 Å². The first kappa shape index (κ1) is 9.26. The van der Waals surface area contributed by atoms with Crippen molar-refractivity contribution in [3.8, 4) is 0 Å². The Balaban J connectivity index is 2.50. The van der Waals surface area contributed by atoms with Gasteiger partial charge in [-0.1, -0.05) is 30.4 Å². The van der Waals surface area contributed by atoms with Crippen LogP contribution in [0.25, 0.3) is 5.57 Å². The Hall–Kier alpha value is -1.30. The second-order valence-electron chi connectivity index (χ2n) is 4.03. The van der Waals surface area contributed by atoms with Crippen molar-refractivity contribution in [1.29, 1.82) is 0 Å². The first-order valence-electron chi connectivity index (χ1n) is 5.13. The minimum Gasteiger partial charge on any atom is -0.0801 e. The maximum atomic E-state index is 2.28. The van der Waals surface area contributed by atoms with E-state index in [4.69, 9.17) is 0 Å². The lowest BCUT2D eigenvalue weighted by atomic mass is 9.97. The third-order valence-electron chi connectivity index (χ3n) is 3.03. The van der Waals surface area contributed by atoms with Crippen LogP contribution in [0.2, 0.25) is 0 Å². The van der Waals surface area contributed by atoms with E-state index in [0.717, 1.165) is 6.42 Å². The van der Waals surface area contributed by atoms with Gasteiger partial charge in [0, 0.05) is 0 Å². The van der Waals surface area contributed by atoms with Gasteiger partial charge in [-0.25, -0.2) is 0 Å². The van der Waals surface area contributed by atoms with Crippen LogP contribution in [0.3, 0.4) is 0 Å². The quantitative estimate of drug-likeness (QED) is 0.620. The topological polar surface area (TPSA) is 0 Å². The Morgan fingerprint density at radius 3 is 2.14 bits per heavy atom. The molecule has 72 valence electrons. The maximum absolute atomic E-state index is 2.28. The molecular weight excluding hydrogens is 168 g/mol. The molecule has 0 saturated carbocycles. The highest BCUT2D eigenvalue weighted by Crippen LogP contribution is 2.25. The van der Waals surface area contributed by atoms with Crippen LogP contribution in [0.15, 0.2) is 30.4 Å². The van der Waals surface area contributed by atoms with Gasteiger partial charge in [0.25, 0.3) is 0 Å². The highest BCUT2D eigenvalue weighted by Gasteiger charge is 2.05. The number of hydrogen-bond acceptors (Lipinski definition) is 0. The molecule has 0 amide bonds. The summed E-state index contributed by atoms with van der Waals surface area (Å²) in [7, 11) is 0. The molecule has 0 bridgehead atoms. The van der Waals surface area contributed by atoms with E-state index in [-0.39, 0.29) is 0 Å². The van der Waals surface area contributed by atoms with Crippen molar-refractivity contribution in [2.45, 2.75) is 27.2 Å². The van der Waals surface area contributed by atoms with Crippen LogP contribution in [0.5, 0.6) is 0 Å². The SMILES string of the molecule is Cc1cc(C2=CCC=C2)cc(C)c1C. The van der Waals surface area contributed by atoms with E-state index in [9.17, 15) is 0 Å². The number of allylic oxidation sites excluding steroid dienone is 4. The summed E-state index contributed by atoms with van der Waals surface area (Å²) in [4.78, 5) is 0. The lowest BCUT2D eigenvalue weighted by Gasteiger charge is -2.08. The summed E-state index contributed by atoms with van der Waals surface area (Å²) in [5.74, 6) is 0. The van der Waals surface area contributed by atoms with Crippen LogP contribution >= 0.6 is 0 Å². The summed E-state index contributed by atoms with van der Waals surface area (Å²) in [6, 6.07) is 4.56. The number of hydrogen-bond donors (Lipinski definition) is 0. The second kappa shape index (κ2) is 3.45. The molecule has 0 heterocycles. The van der Waals surface area contributed by atoms with Crippen molar-refractivity contribution >= 4 is 5.57 Å². The molecule has 1 aliphatic rings. The van der Waals surface area contributed by atoms with Crippen LogP contribution < -0.4 is 0 Å². The zero-order valence-corrected chi connectivity index (χ0v) is 9.09. The van der Waals surface area contributed by atoms with Gasteiger partial charge in [-0.05, 0) is 55.0 Å². The molecule has 0 heteroatoms. The van der Waals surface area contributed by atoms with Crippen LogP contribution in [0.1, 0.15) is 28.7 Å². The van der Waals surface area contributed by atoms with Gasteiger partial charge in [0.2, 0.25) is 0 Å². The fraction of sp³-hybridized carbons (Fsp3) is 0.286. The Labute approximate surface area is 86.0 Å². The molecule has 0 saturated heterocycles. The Bertz CT molecular complexity index is 397. The molecule has 0 aliphatic heterocycles. The average Bonchev–Trinajstić information content (AvgIpc) is 2.66. The molecule has 0 atom stereocenters. The molecule has 1 aromatic rings. The van der Waals surface area contributed by atoms with Crippen molar-refractivity contribution in [3.63, 3.8) is 0 Å². The van der Waals surface area contributed by atoms with Crippen molar-refractivity contribution in [2.75, 3.05) is 0 Å². The molecule has 1 aliphatic carbocycles. The fourth-order valence-corrected chi connectivity index (χ4v) is 1.87. The van der Waals surface area contributed by atoms with Crippen molar-refractivity contribution < 1.29 is 0 Å². The molecule has 0 radical (unpaired) electrons. The van der Waals surface area contributed by atoms with E-state index in [1.807, 2.05) is 0 Å². The summed E-state index contributed by atoms with van der Waals surface area (Å²) in [6.45, 7) is 6.56. The molecule has 0 fully saturated rings. The van der Waals surface area contributed by atoms with E-state index >= 15 is 0 Å². The molecule has 0 spiro atoms. The molecule has 1 aromatic carbocycles. The minimum atomic E-state index is 1.08. The highest BCUT2D eigenvalue weighted by atomic mass is 14.1. The molecule has 0 unspecified atom stereocenters. The van der Waals surface area contributed by atoms with Gasteiger partial charge in [-0.2, -0.15) is 0 Å². The van der Waals surface area contributed by atoms with Crippen molar-refractivity contribution in [2.24, 2.45) is 0 Å². The Kier molecular flexibility index (Phi) is 2.28. The number of benzene rings is 1. The summed E-state index contributed by atoms with van der Waals surface area (Å²) < 4.78 is 0. The monoisotopic (exact) mass is 184 g/mol. The van der Waals surface area contributed by atoms with Crippen molar-refractivity contribution in [1.82, 2.24) is 0 Å². The van der Waals surface area contributed by atoms with E-state index in [1.165, 1.54) is 27.8 Å². The zero-order valence-electron chi connectivity index (χ0n) is 9.09. The molecule has 2 rings (SSSR count). The lowest BCUT2D eigenvalue weighted by molar-refractivity contribution is 1.26. The highest BCUT2D eigenvalue weighted by molar-refractivity contribution is 5.77. The molecule has 0 nitrogen and oxygen atoms in total. The molecule has 0 aromatic heterocycles. The standard InChI is InChI=1S/C14H16/c1-10-8-14(9-11(2)12(10)3)13-6-4-5-7-13/h4,6-9H,5H2,1-3H3. The third kappa shape index (κ3) is 1.52. The maximum Gasteiger partial charge on any atom is -0.0157 e. The summed E-state index contributed by atoms with van der Waals surface area (Å²) in [5.41, 5.74) is 6.93. The Morgan fingerprint density at radius 1 is 1.00 bits per heavy atom. The van der Waals surface area contributed by atoms with Gasteiger partial charge in [-0.3, -0.25) is 0 Å². The summed E-state index contributed by atoms with van der Waals surface area (Å²) in [5, 5.41) is 0. The van der Waals surface area contributed by atoms with E-state index < -0.39 is 0 Å². The molecule has 0 N–H and O–H groups in total. The van der Waals surface area contributed by atoms with Gasteiger partial charge in [-0.15, -0.1) is 0 Å². The first-order chi connectivity index (χ1) is 6.68. The number of rotatable bonds is 1. The van der Waals surface area contributed by atoms with Gasteiger partial charge in [0.15, 0.2) is 0 Å². The van der Waals surface area contributed by atoms with E-state index in [1.54, 1.807) is 0 Å². The van der Waals surface area contributed by atoms with Gasteiger partial charge >= 0.3 is 0 Å². The van der Waals surface area contributed by atoms with Crippen molar-refractivity contribution in [3.05, 3.63) is 52.6 Å².